The molecule has 1 aliphatic carbocycles. The van der Waals surface area contributed by atoms with Gasteiger partial charge in [0.25, 0.3) is 0 Å². The molecule has 2 rings (SSSR count). The summed E-state index contributed by atoms with van der Waals surface area (Å²) in [6.45, 7) is 16.5. The second-order valence-electron chi connectivity index (χ2n) is 10.4. The van der Waals surface area contributed by atoms with Crippen LogP contribution in [0.1, 0.15) is 87.6 Å². The standard InChI is InChI=1S/C21H34N4O4/c1-10-20(8)12-21(20,9)25-16(28)23(14(2)3)15(27)24(17(25)29)19(6,7)11-18(4,5)22-13-26/h14H,10-12H2,1-9H3. The van der Waals surface area contributed by atoms with Crippen LogP contribution in [0.5, 0.6) is 0 Å². The highest BCUT2D eigenvalue weighted by atomic mass is 16.2. The molecule has 0 aliphatic heterocycles. The Morgan fingerprint density at radius 1 is 1.07 bits per heavy atom. The molecule has 8 nitrogen and oxygen atoms in total. The van der Waals surface area contributed by atoms with Gasteiger partial charge in [-0.05, 0) is 73.1 Å². The fourth-order valence-electron chi connectivity index (χ4n) is 4.81. The second kappa shape index (κ2) is 6.94. The van der Waals surface area contributed by atoms with E-state index in [0.29, 0.717) is 6.42 Å². The molecule has 0 radical (unpaired) electrons. The molecule has 1 fully saturated rings. The third kappa shape index (κ3) is 3.59. The van der Waals surface area contributed by atoms with Crippen molar-refractivity contribution in [2.45, 2.75) is 104 Å². The first-order valence-corrected chi connectivity index (χ1v) is 10.2. The molecule has 2 unspecified atom stereocenters. The van der Waals surface area contributed by atoms with Gasteiger partial charge in [-0.15, -0.1) is 0 Å². The van der Waals surface area contributed by atoms with Crippen molar-refractivity contribution in [1.29, 1.82) is 0 Å². The number of aliphatic imine (C=N–C) groups is 1. The maximum absolute atomic E-state index is 13.6. The Bertz CT molecular complexity index is 1040. The van der Waals surface area contributed by atoms with E-state index in [1.165, 1.54) is 4.57 Å². The van der Waals surface area contributed by atoms with Gasteiger partial charge < -0.3 is 0 Å². The van der Waals surface area contributed by atoms with E-state index < -0.39 is 39.7 Å². The number of hydrogen-bond donors (Lipinski definition) is 0. The first-order chi connectivity index (χ1) is 13.1. The van der Waals surface area contributed by atoms with Crippen molar-refractivity contribution in [3.8, 4) is 0 Å². The number of hydrogen-bond acceptors (Lipinski definition) is 5. The third-order valence-corrected chi connectivity index (χ3v) is 6.70. The van der Waals surface area contributed by atoms with Crippen LogP contribution in [0.4, 0.5) is 0 Å². The molecular weight excluding hydrogens is 372 g/mol. The number of isocyanates is 1. The minimum absolute atomic E-state index is 0.182. The minimum Gasteiger partial charge on any atom is -0.247 e. The predicted octanol–water partition coefficient (Wildman–Crippen LogP) is 2.53. The SMILES string of the molecule is CCC1(C)CC1(C)n1c(=O)n(C(C)C)c(=O)n(C(C)(C)CC(C)(C)N=C=O)c1=O. The van der Waals surface area contributed by atoms with Gasteiger partial charge >= 0.3 is 17.1 Å². The van der Waals surface area contributed by atoms with Gasteiger partial charge in [-0.2, -0.15) is 4.99 Å². The Hall–Kier alpha value is -2.21. The molecule has 1 aromatic rings. The van der Waals surface area contributed by atoms with Crippen LogP contribution in [-0.4, -0.2) is 25.3 Å². The molecule has 1 aliphatic rings. The van der Waals surface area contributed by atoms with E-state index in [-0.39, 0.29) is 11.8 Å². The summed E-state index contributed by atoms with van der Waals surface area (Å²) in [7, 11) is 0. The third-order valence-electron chi connectivity index (χ3n) is 6.70. The Labute approximate surface area is 171 Å². The van der Waals surface area contributed by atoms with Gasteiger partial charge in [0.1, 0.15) is 0 Å². The van der Waals surface area contributed by atoms with Gasteiger partial charge in [0.2, 0.25) is 6.08 Å². The molecule has 1 saturated carbocycles. The topological polar surface area (TPSA) is 95.4 Å². The van der Waals surface area contributed by atoms with Crippen molar-refractivity contribution in [1.82, 2.24) is 13.7 Å². The van der Waals surface area contributed by atoms with Crippen LogP contribution in [0.3, 0.4) is 0 Å². The molecule has 2 atom stereocenters. The molecule has 8 heteroatoms. The zero-order valence-corrected chi connectivity index (χ0v) is 19.1. The van der Waals surface area contributed by atoms with E-state index in [2.05, 4.69) is 11.9 Å². The highest BCUT2D eigenvalue weighted by Gasteiger charge is 2.63. The Balaban J connectivity index is 2.88. The van der Waals surface area contributed by atoms with Crippen LogP contribution in [0.15, 0.2) is 19.4 Å². The lowest BCUT2D eigenvalue weighted by Crippen LogP contribution is -2.62. The Morgan fingerprint density at radius 2 is 1.62 bits per heavy atom. The molecule has 0 spiro atoms. The Kier molecular flexibility index (Phi) is 5.52. The van der Waals surface area contributed by atoms with E-state index in [1.807, 2.05) is 13.8 Å². The van der Waals surface area contributed by atoms with Crippen molar-refractivity contribution in [2.24, 2.45) is 10.4 Å². The van der Waals surface area contributed by atoms with Gasteiger partial charge in [-0.3, -0.25) is 0 Å². The number of rotatable bonds is 7. The molecular formula is C21H34N4O4. The molecule has 1 aromatic heterocycles. The highest BCUT2D eigenvalue weighted by molar-refractivity contribution is 5.34. The van der Waals surface area contributed by atoms with Gasteiger partial charge in [0.15, 0.2) is 0 Å². The normalized spacial score (nSPS) is 24.5. The minimum atomic E-state index is -0.974. The molecule has 29 heavy (non-hydrogen) atoms. The summed E-state index contributed by atoms with van der Waals surface area (Å²) in [6.07, 6.45) is 3.33. The summed E-state index contributed by atoms with van der Waals surface area (Å²) in [6, 6.07) is -0.403. The van der Waals surface area contributed by atoms with Crippen molar-refractivity contribution >= 4 is 6.08 Å². The van der Waals surface area contributed by atoms with Crippen LogP contribution < -0.4 is 17.1 Å². The summed E-state index contributed by atoms with van der Waals surface area (Å²) >= 11 is 0. The van der Waals surface area contributed by atoms with Crippen LogP contribution in [-0.2, 0) is 15.9 Å². The lowest BCUT2D eigenvalue weighted by Gasteiger charge is -2.34. The van der Waals surface area contributed by atoms with Crippen molar-refractivity contribution in [3.05, 3.63) is 31.5 Å². The first kappa shape index (κ1) is 23.1. The average molecular weight is 407 g/mol. The average Bonchev–Trinajstić information content (AvgIpc) is 3.07. The summed E-state index contributed by atoms with van der Waals surface area (Å²) in [5.41, 5.74) is -4.42. The van der Waals surface area contributed by atoms with E-state index in [9.17, 15) is 19.2 Å². The summed E-state index contributed by atoms with van der Waals surface area (Å²) in [5, 5.41) is 0. The van der Waals surface area contributed by atoms with Gasteiger partial charge in [-0.1, -0.05) is 13.8 Å². The van der Waals surface area contributed by atoms with Crippen molar-refractivity contribution in [3.63, 3.8) is 0 Å². The zero-order valence-electron chi connectivity index (χ0n) is 19.1. The van der Waals surface area contributed by atoms with E-state index in [0.717, 1.165) is 15.6 Å². The lowest BCUT2D eigenvalue weighted by molar-refractivity contribution is 0.212. The molecule has 0 bridgehead atoms. The molecule has 1 heterocycles. The Morgan fingerprint density at radius 3 is 2.03 bits per heavy atom. The number of carbonyl (C=O) groups excluding carboxylic acids is 1. The van der Waals surface area contributed by atoms with E-state index in [4.69, 9.17) is 0 Å². The lowest BCUT2D eigenvalue weighted by atomic mass is 9.87. The van der Waals surface area contributed by atoms with Crippen LogP contribution >= 0.6 is 0 Å². The summed E-state index contributed by atoms with van der Waals surface area (Å²) < 4.78 is 3.59. The van der Waals surface area contributed by atoms with Crippen LogP contribution in [0.2, 0.25) is 0 Å². The summed E-state index contributed by atoms with van der Waals surface area (Å²) in [5.74, 6) is 0. The maximum atomic E-state index is 13.6. The fraction of sp³-hybridized carbons (Fsp3) is 0.810. The number of aromatic nitrogens is 3. The first-order valence-electron chi connectivity index (χ1n) is 10.2. The summed E-state index contributed by atoms with van der Waals surface area (Å²) in [4.78, 5) is 54.7. The predicted molar refractivity (Wildman–Crippen MR) is 112 cm³/mol. The van der Waals surface area contributed by atoms with Crippen LogP contribution in [0.25, 0.3) is 0 Å². The largest absolute Gasteiger partial charge is 0.337 e. The molecule has 0 saturated heterocycles. The van der Waals surface area contributed by atoms with Crippen molar-refractivity contribution < 1.29 is 4.79 Å². The van der Waals surface area contributed by atoms with Crippen LogP contribution in [0, 0.1) is 5.41 Å². The van der Waals surface area contributed by atoms with Gasteiger partial charge in [0, 0.05) is 6.04 Å². The van der Waals surface area contributed by atoms with E-state index in [1.54, 1.807) is 47.6 Å². The molecule has 0 N–H and O–H groups in total. The quantitative estimate of drug-likeness (QED) is 0.513. The number of nitrogens with zero attached hydrogens (tertiary/aromatic N) is 4. The van der Waals surface area contributed by atoms with Crippen molar-refractivity contribution in [2.75, 3.05) is 0 Å². The molecule has 162 valence electrons. The fourth-order valence-corrected chi connectivity index (χ4v) is 4.81. The van der Waals surface area contributed by atoms with Gasteiger partial charge in [0.05, 0.1) is 16.6 Å². The highest BCUT2D eigenvalue weighted by Crippen LogP contribution is 2.62. The monoisotopic (exact) mass is 406 g/mol. The van der Waals surface area contributed by atoms with Gasteiger partial charge in [-0.25, -0.2) is 32.9 Å². The smallest absolute Gasteiger partial charge is 0.247 e. The zero-order chi connectivity index (χ0) is 22.6. The maximum Gasteiger partial charge on any atom is 0.337 e. The molecule has 0 amide bonds. The van der Waals surface area contributed by atoms with E-state index >= 15 is 0 Å². The second-order valence-corrected chi connectivity index (χ2v) is 10.4. The molecule has 0 aromatic carbocycles.